The first-order chi connectivity index (χ1) is 5.75. The van der Waals surface area contributed by atoms with Gasteiger partial charge in [0.15, 0.2) is 6.71 Å². The van der Waals surface area contributed by atoms with E-state index < -0.39 is 0 Å². The molecule has 0 aliphatic heterocycles. The molecular weight excluding hydrogens is 163 g/mol. The number of hydrogen-bond acceptors (Lipinski definition) is 1. The molecule has 3 heteroatoms. The smallest absolute Gasteiger partial charge is 0.267 e. The zero-order valence-electron chi connectivity index (χ0n) is 7.79. The summed E-state index contributed by atoms with van der Waals surface area (Å²) in [7, 11) is 2.22. The third kappa shape index (κ3) is 2.22. The first-order valence-electron chi connectivity index (χ1n) is 4.13. The molecule has 1 rings (SSSR count). The lowest BCUT2D eigenvalue weighted by atomic mass is 9.49. The molecule has 62 valence electrons. The summed E-state index contributed by atoms with van der Waals surface area (Å²) in [6, 6.07) is 8.45. The molecule has 12 heavy (non-hydrogen) atoms. The van der Waals surface area contributed by atoms with Crippen LogP contribution in [0.15, 0.2) is 24.3 Å². The minimum Gasteiger partial charge on any atom is -0.415 e. The maximum atomic E-state index is 5.15. The Kier molecular flexibility index (Phi) is 3.56. The predicted octanol–water partition coefficient (Wildman–Crippen LogP) is 0.539. The molecule has 0 fully saturated rings. The number of benzene rings is 1. The second-order valence-electron chi connectivity index (χ2n) is 3.05. The SMILES string of the molecule is CO[Si]c1ccccc1B(C)C. The van der Waals surface area contributed by atoms with Crippen molar-refractivity contribution in [2.45, 2.75) is 13.6 Å². The molecule has 0 saturated carbocycles. The summed E-state index contributed by atoms with van der Waals surface area (Å²) in [4.78, 5) is 0. The van der Waals surface area contributed by atoms with E-state index in [0.29, 0.717) is 16.5 Å². The summed E-state index contributed by atoms with van der Waals surface area (Å²) in [5.41, 5.74) is 1.40. The van der Waals surface area contributed by atoms with E-state index in [1.54, 1.807) is 7.11 Å². The molecule has 0 bridgehead atoms. The van der Waals surface area contributed by atoms with Gasteiger partial charge in [-0.1, -0.05) is 43.4 Å². The Morgan fingerprint density at radius 1 is 1.25 bits per heavy atom. The Balaban J connectivity index is 2.92. The molecular formula is C9H13BOSi. The first-order valence-corrected chi connectivity index (χ1v) is 5.04. The highest BCUT2D eigenvalue weighted by Gasteiger charge is 2.08. The van der Waals surface area contributed by atoms with E-state index in [1.807, 2.05) is 0 Å². The fourth-order valence-electron chi connectivity index (χ4n) is 1.20. The van der Waals surface area contributed by atoms with Gasteiger partial charge in [-0.05, 0) is 5.19 Å². The van der Waals surface area contributed by atoms with Crippen LogP contribution < -0.4 is 10.6 Å². The third-order valence-electron chi connectivity index (χ3n) is 1.79. The van der Waals surface area contributed by atoms with E-state index in [9.17, 15) is 0 Å². The van der Waals surface area contributed by atoms with E-state index in [0.717, 1.165) is 0 Å². The van der Waals surface area contributed by atoms with Gasteiger partial charge in [0, 0.05) is 7.11 Å². The van der Waals surface area contributed by atoms with Crippen LogP contribution in [0.3, 0.4) is 0 Å². The molecule has 0 atom stereocenters. The zero-order chi connectivity index (χ0) is 8.97. The number of rotatable bonds is 3. The van der Waals surface area contributed by atoms with Crippen LogP contribution in [0, 0.1) is 0 Å². The van der Waals surface area contributed by atoms with Crippen LogP contribution in [0.2, 0.25) is 13.6 Å². The highest BCUT2D eigenvalue weighted by atomic mass is 28.2. The normalized spacial score (nSPS) is 9.92. The third-order valence-corrected chi connectivity index (χ3v) is 2.67. The maximum absolute atomic E-state index is 5.15. The molecule has 0 aromatic heterocycles. The molecule has 1 aromatic carbocycles. The van der Waals surface area contributed by atoms with Gasteiger partial charge in [0.1, 0.15) is 0 Å². The van der Waals surface area contributed by atoms with Crippen molar-refractivity contribution in [2.24, 2.45) is 0 Å². The average Bonchev–Trinajstić information content (AvgIpc) is 2.05. The van der Waals surface area contributed by atoms with Crippen LogP contribution in [0.4, 0.5) is 0 Å². The zero-order valence-corrected chi connectivity index (χ0v) is 8.79. The second kappa shape index (κ2) is 4.48. The molecule has 1 aromatic rings. The van der Waals surface area contributed by atoms with Crippen LogP contribution in [-0.4, -0.2) is 23.6 Å². The molecule has 1 nitrogen and oxygen atoms in total. The molecule has 0 N–H and O–H groups in total. The van der Waals surface area contributed by atoms with Crippen molar-refractivity contribution in [3.05, 3.63) is 24.3 Å². The monoisotopic (exact) mass is 176 g/mol. The largest absolute Gasteiger partial charge is 0.415 e. The van der Waals surface area contributed by atoms with Gasteiger partial charge >= 0.3 is 0 Å². The number of hydrogen-bond donors (Lipinski definition) is 0. The highest BCUT2D eigenvalue weighted by Crippen LogP contribution is 1.85. The van der Waals surface area contributed by atoms with Gasteiger partial charge in [-0.3, -0.25) is 0 Å². The molecule has 0 saturated heterocycles. The highest BCUT2D eigenvalue weighted by molar-refractivity contribution is 6.76. The van der Waals surface area contributed by atoms with Crippen molar-refractivity contribution >= 4 is 27.1 Å². The lowest BCUT2D eigenvalue weighted by molar-refractivity contribution is 0.450. The molecule has 0 unspecified atom stereocenters. The average molecular weight is 176 g/mol. The van der Waals surface area contributed by atoms with Crippen molar-refractivity contribution < 1.29 is 4.43 Å². The topological polar surface area (TPSA) is 9.23 Å². The second-order valence-corrected chi connectivity index (χ2v) is 4.20. The van der Waals surface area contributed by atoms with Gasteiger partial charge in [-0.2, -0.15) is 0 Å². The van der Waals surface area contributed by atoms with E-state index >= 15 is 0 Å². The predicted molar refractivity (Wildman–Crippen MR) is 56.0 cm³/mol. The Morgan fingerprint density at radius 2 is 1.92 bits per heavy atom. The summed E-state index contributed by atoms with van der Waals surface area (Å²) < 4.78 is 5.15. The molecule has 0 spiro atoms. The summed E-state index contributed by atoms with van der Waals surface area (Å²) in [6.07, 6.45) is 0. The maximum Gasteiger partial charge on any atom is 0.267 e. The van der Waals surface area contributed by atoms with Crippen LogP contribution >= 0.6 is 0 Å². The van der Waals surface area contributed by atoms with Gasteiger partial charge in [-0.15, -0.1) is 0 Å². The molecule has 0 aliphatic carbocycles. The Morgan fingerprint density at radius 3 is 2.50 bits per heavy atom. The lowest BCUT2D eigenvalue weighted by Crippen LogP contribution is -2.40. The van der Waals surface area contributed by atoms with E-state index in [-0.39, 0.29) is 0 Å². The first kappa shape index (κ1) is 9.55. The summed E-state index contributed by atoms with van der Waals surface area (Å²) >= 11 is 0. The fraction of sp³-hybridized carbons (Fsp3) is 0.333. The van der Waals surface area contributed by atoms with Crippen LogP contribution in [0.1, 0.15) is 0 Å². The van der Waals surface area contributed by atoms with Crippen molar-refractivity contribution in [3.63, 3.8) is 0 Å². The molecule has 0 amide bonds. The fourth-order valence-corrected chi connectivity index (χ4v) is 2.08. The van der Waals surface area contributed by atoms with Crippen LogP contribution in [-0.2, 0) is 4.43 Å². The van der Waals surface area contributed by atoms with Crippen LogP contribution in [0.5, 0.6) is 0 Å². The van der Waals surface area contributed by atoms with Gasteiger partial charge in [-0.25, -0.2) is 0 Å². The van der Waals surface area contributed by atoms with Gasteiger partial charge in [0.25, 0.3) is 9.76 Å². The van der Waals surface area contributed by atoms with Crippen molar-refractivity contribution in [1.29, 1.82) is 0 Å². The van der Waals surface area contributed by atoms with Gasteiger partial charge < -0.3 is 4.43 Å². The van der Waals surface area contributed by atoms with Crippen molar-refractivity contribution in [1.82, 2.24) is 0 Å². The Labute approximate surface area is 77.2 Å². The minimum absolute atomic E-state index is 0.479. The van der Waals surface area contributed by atoms with E-state index in [4.69, 9.17) is 4.43 Å². The van der Waals surface area contributed by atoms with Crippen molar-refractivity contribution in [2.75, 3.05) is 7.11 Å². The Hall–Kier alpha value is -0.538. The summed E-state index contributed by atoms with van der Waals surface area (Å²) in [5, 5.41) is 1.33. The molecule has 0 heterocycles. The van der Waals surface area contributed by atoms with E-state index in [2.05, 4.69) is 37.9 Å². The van der Waals surface area contributed by atoms with Crippen molar-refractivity contribution in [3.8, 4) is 0 Å². The van der Waals surface area contributed by atoms with E-state index in [1.165, 1.54) is 10.6 Å². The Bertz CT molecular complexity index is 250. The standard InChI is InChI=1S/C9H13BOSi/c1-10(2)8-6-4-5-7-9(8)12-11-3/h4-7H,1-3H3. The summed E-state index contributed by atoms with van der Waals surface area (Å²) in [6.45, 7) is 5.00. The van der Waals surface area contributed by atoms with Gasteiger partial charge in [0.2, 0.25) is 0 Å². The lowest BCUT2D eigenvalue weighted by Gasteiger charge is -2.07. The van der Waals surface area contributed by atoms with Gasteiger partial charge in [0.05, 0.1) is 0 Å². The molecule has 0 aliphatic rings. The summed E-state index contributed by atoms with van der Waals surface area (Å²) in [5.74, 6) is 0. The van der Waals surface area contributed by atoms with Crippen LogP contribution in [0.25, 0.3) is 0 Å². The minimum atomic E-state index is 0.479. The molecule has 2 radical (unpaired) electrons. The quantitative estimate of drug-likeness (QED) is 0.611.